The highest BCUT2D eigenvalue weighted by Crippen LogP contribution is 2.48. The Morgan fingerprint density at radius 1 is 0.719 bits per heavy atom. The summed E-state index contributed by atoms with van der Waals surface area (Å²) >= 11 is 0. The van der Waals surface area contributed by atoms with Gasteiger partial charge in [-0.25, -0.2) is 14.5 Å². The van der Waals surface area contributed by atoms with Gasteiger partial charge in [-0.05, 0) is 124 Å². The highest BCUT2D eigenvalue weighted by atomic mass is 31.2. The number of phosphoric ester groups is 1. The number of ether oxygens (including phenoxy) is 1. The number of imidazole rings is 2. The van der Waals surface area contributed by atoms with Crippen LogP contribution in [0.2, 0.25) is 0 Å². The number of hydrogen-bond acceptors (Lipinski definition) is 8. The monoisotopic (exact) mass is 797 g/mol. The smallest absolute Gasteiger partial charge is 0.393 e. The number of benzene rings is 2. The van der Waals surface area contributed by atoms with Crippen LogP contribution in [0, 0.1) is 11.8 Å². The van der Waals surface area contributed by atoms with Crippen LogP contribution in [0.4, 0.5) is 0 Å². The summed E-state index contributed by atoms with van der Waals surface area (Å²) in [5.41, 5.74) is 9.69. The number of aliphatic hydroxyl groups excluding tert-OH is 2. The number of likely N-dealkylation sites (tertiary alicyclic amines) is 1. The molecule has 4 N–H and O–H groups in total. The lowest BCUT2D eigenvalue weighted by atomic mass is 9.80. The normalized spacial score (nSPS) is 25.4. The van der Waals surface area contributed by atoms with Crippen molar-refractivity contribution in [3.63, 3.8) is 0 Å². The highest BCUT2D eigenvalue weighted by molar-refractivity contribution is 7.46. The molecule has 4 aliphatic heterocycles. The number of nitrogens with zero attached hydrogens (tertiary/aromatic N) is 5. The van der Waals surface area contributed by atoms with E-state index < -0.39 is 20.0 Å². The van der Waals surface area contributed by atoms with Crippen molar-refractivity contribution in [1.82, 2.24) is 24.0 Å². The van der Waals surface area contributed by atoms with Crippen LogP contribution >= 0.6 is 7.82 Å². The maximum absolute atomic E-state index is 11.1. The summed E-state index contributed by atoms with van der Waals surface area (Å²) in [4.78, 5) is 29.2. The predicted octanol–water partition coefficient (Wildman–Crippen LogP) is 7.02. The van der Waals surface area contributed by atoms with E-state index in [1.165, 1.54) is 33.5 Å². The summed E-state index contributed by atoms with van der Waals surface area (Å²) < 4.78 is 25.6. The number of aliphatic hydroxyl groups is 2. The van der Waals surface area contributed by atoms with Gasteiger partial charge in [-0.3, -0.25) is 9.42 Å². The van der Waals surface area contributed by atoms with E-state index in [2.05, 4.69) is 80.3 Å². The third-order valence-corrected chi connectivity index (χ3v) is 13.7. The molecule has 13 heteroatoms. The fraction of sp³-hybridized carbons (Fsp3) is 0.500. The quantitative estimate of drug-likeness (QED) is 0.117. The molecule has 4 atom stereocenters. The number of hydrogen-bond donors (Lipinski definition) is 4. The molecule has 57 heavy (non-hydrogen) atoms. The standard InChI is InChI=1S/C23H29N3O2.C21H27N2O5P/c1-16-21-12-24-15-26(21)20(23(16)18-5-3-2-4-6-18)11-22(27)17-7-9-25(10-8-17)19-13-28-14-19;1-14-19-12-22-13-23(19)18(21(14)16-5-3-2-4-6-16)11-20(24)15-7-9-17(10-8-15)28-29(25,26)27/h2-6,12,15,17,19-20,22,27H,7-11,13-14H2,1H3;2-6,12-13,15,17-18,20,24H,7-11H2,1H3,(H2,25,26,27). The maximum Gasteiger partial charge on any atom is 0.469 e. The van der Waals surface area contributed by atoms with Gasteiger partial charge in [-0.1, -0.05) is 60.7 Å². The number of rotatable bonds is 11. The molecule has 3 fully saturated rings. The lowest BCUT2D eigenvalue weighted by Crippen LogP contribution is -2.52. The summed E-state index contributed by atoms with van der Waals surface area (Å²) in [5, 5.41) is 22.2. The number of fused-ring (bicyclic) bond motifs is 2. The zero-order valence-electron chi connectivity index (χ0n) is 32.9. The van der Waals surface area contributed by atoms with Crippen molar-refractivity contribution in [2.24, 2.45) is 11.8 Å². The predicted molar refractivity (Wildman–Crippen MR) is 219 cm³/mol. The van der Waals surface area contributed by atoms with Crippen molar-refractivity contribution < 1.29 is 33.8 Å². The Labute approximate surface area is 335 Å². The second-order valence-corrected chi connectivity index (χ2v) is 17.7. The van der Waals surface area contributed by atoms with Crippen molar-refractivity contribution in [2.45, 2.75) is 102 Å². The molecular weight excluding hydrogens is 741 g/mol. The van der Waals surface area contributed by atoms with E-state index in [-0.39, 0.29) is 24.1 Å². The highest BCUT2D eigenvalue weighted by Gasteiger charge is 2.38. The molecule has 4 aromatic rings. The number of phosphoric acid groups is 1. The molecule has 4 unspecified atom stereocenters. The fourth-order valence-electron chi connectivity index (χ4n) is 9.98. The van der Waals surface area contributed by atoms with Crippen LogP contribution in [0.5, 0.6) is 0 Å². The Balaban J connectivity index is 0.000000160. The number of piperidine rings is 1. The lowest BCUT2D eigenvalue weighted by molar-refractivity contribution is -0.0797. The van der Waals surface area contributed by atoms with Crippen molar-refractivity contribution in [2.75, 3.05) is 26.3 Å². The summed E-state index contributed by atoms with van der Waals surface area (Å²) in [6.45, 7) is 8.20. The van der Waals surface area contributed by atoms with E-state index in [9.17, 15) is 14.8 Å². The number of aromatic nitrogens is 4. The van der Waals surface area contributed by atoms with Crippen molar-refractivity contribution in [3.05, 3.63) is 108 Å². The van der Waals surface area contributed by atoms with Gasteiger partial charge in [0.2, 0.25) is 0 Å². The fourth-order valence-corrected chi connectivity index (χ4v) is 10.6. The van der Waals surface area contributed by atoms with Gasteiger partial charge in [0.05, 0.1) is 86.1 Å². The van der Waals surface area contributed by atoms with Gasteiger partial charge >= 0.3 is 7.82 Å². The Bertz CT molecular complexity index is 2070. The van der Waals surface area contributed by atoms with Gasteiger partial charge < -0.3 is 33.9 Å². The van der Waals surface area contributed by atoms with Crippen molar-refractivity contribution in [3.8, 4) is 0 Å². The van der Waals surface area contributed by atoms with Crippen LogP contribution in [0.15, 0.2) is 85.7 Å². The minimum atomic E-state index is -4.46. The first-order valence-electron chi connectivity index (χ1n) is 20.5. The minimum Gasteiger partial charge on any atom is -0.393 e. The van der Waals surface area contributed by atoms with Crippen LogP contribution in [0.25, 0.3) is 22.3 Å². The zero-order chi connectivity index (χ0) is 39.7. The van der Waals surface area contributed by atoms with Gasteiger partial charge in [0.1, 0.15) is 0 Å². The van der Waals surface area contributed by atoms with E-state index in [0.717, 1.165) is 56.8 Å². The molecule has 6 heterocycles. The van der Waals surface area contributed by atoms with E-state index in [0.29, 0.717) is 44.1 Å². The Morgan fingerprint density at radius 3 is 1.60 bits per heavy atom. The van der Waals surface area contributed by atoms with Gasteiger partial charge in [0.25, 0.3) is 0 Å². The molecule has 1 saturated carbocycles. The average Bonchev–Trinajstić information content (AvgIpc) is 3.97. The first-order chi connectivity index (χ1) is 27.6. The molecule has 2 saturated heterocycles. The molecule has 0 bridgehead atoms. The van der Waals surface area contributed by atoms with Gasteiger partial charge in [0, 0.05) is 0 Å². The second kappa shape index (κ2) is 17.3. The molecule has 2 aromatic heterocycles. The van der Waals surface area contributed by atoms with Crippen LogP contribution in [0.3, 0.4) is 0 Å². The van der Waals surface area contributed by atoms with Gasteiger partial charge in [-0.2, -0.15) is 0 Å². The van der Waals surface area contributed by atoms with E-state index >= 15 is 0 Å². The van der Waals surface area contributed by atoms with Crippen LogP contribution < -0.4 is 0 Å². The molecule has 2 aromatic carbocycles. The molecule has 0 amide bonds. The summed E-state index contributed by atoms with van der Waals surface area (Å²) in [6.07, 6.45) is 12.3. The largest absolute Gasteiger partial charge is 0.469 e. The third-order valence-electron chi connectivity index (χ3n) is 13.2. The van der Waals surface area contributed by atoms with Crippen LogP contribution in [0.1, 0.15) is 99.8 Å². The number of allylic oxidation sites excluding steroid dienone is 4. The van der Waals surface area contributed by atoms with Crippen molar-refractivity contribution in [1.29, 1.82) is 0 Å². The van der Waals surface area contributed by atoms with Gasteiger partial charge in [-0.15, -0.1) is 0 Å². The first-order valence-corrected chi connectivity index (χ1v) is 22.1. The molecule has 1 aliphatic carbocycles. The lowest BCUT2D eigenvalue weighted by Gasteiger charge is -2.42. The molecule has 0 spiro atoms. The van der Waals surface area contributed by atoms with Crippen LogP contribution in [-0.4, -0.2) is 94.7 Å². The molecule has 0 radical (unpaired) electrons. The maximum atomic E-state index is 11.1. The van der Waals surface area contributed by atoms with E-state index in [4.69, 9.17) is 19.0 Å². The average molecular weight is 798 g/mol. The molecule has 9 rings (SSSR count). The molecule has 304 valence electrons. The second-order valence-electron chi connectivity index (χ2n) is 16.5. The summed E-state index contributed by atoms with van der Waals surface area (Å²) in [7, 11) is -4.46. The SMILES string of the molecule is CC1=C(c2ccccc2)C(CC(O)C2CCC(OP(=O)(O)O)CC2)n2cncc21.CC1=C(c2ccccc2)C(CC(O)C2CCN(C3COC3)CC2)n2cncc21. The Morgan fingerprint density at radius 2 is 1.18 bits per heavy atom. The topological polar surface area (TPSA) is 155 Å². The molecular formula is C44H56N5O7P. The zero-order valence-corrected chi connectivity index (χ0v) is 33.8. The molecule has 12 nitrogen and oxygen atoms in total. The Hall–Kier alpha value is -3.71. The van der Waals surface area contributed by atoms with E-state index in [1.54, 1.807) is 0 Å². The molecule has 5 aliphatic rings. The minimum absolute atomic E-state index is 0.0222. The third kappa shape index (κ3) is 8.70. The Kier molecular flexibility index (Phi) is 12.1. The van der Waals surface area contributed by atoms with E-state index in [1.807, 2.05) is 43.2 Å². The summed E-state index contributed by atoms with van der Waals surface area (Å²) in [5.74, 6) is 0.471. The first kappa shape index (κ1) is 40.1. The summed E-state index contributed by atoms with van der Waals surface area (Å²) in [6, 6.07) is 21.6. The van der Waals surface area contributed by atoms with Gasteiger partial charge in [0.15, 0.2) is 0 Å². The van der Waals surface area contributed by atoms with Crippen molar-refractivity contribution >= 4 is 30.1 Å². The van der Waals surface area contributed by atoms with Crippen LogP contribution in [-0.2, 0) is 13.8 Å².